The molecule has 2 N–H and O–H groups in total. The first-order valence-corrected chi connectivity index (χ1v) is 11.2. The highest BCUT2D eigenvalue weighted by Crippen LogP contribution is 2.38. The van der Waals surface area contributed by atoms with Crippen LogP contribution in [0.3, 0.4) is 0 Å². The predicted octanol–water partition coefficient (Wildman–Crippen LogP) is 3.85. The van der Waals surface area contributed by atoms with Crippen LogP contribution in [-0.2, 0) is 41.4 Å². The Morgan fingerprint density at radius 1 is 1.07 bits per heavy atom. The van der Waals surface area contributed by atoms with Crippen LogP contribution in [0.4, 0.5) is 10.5 Å². The van der Waals surface area contributed by atoms with Gasteiger partial charge in [0.05, 0.1) is 5.75 Å². The van der Waals surface area contributed by atoms with Crippen molar-refractivity contribution >= 4 is 21.6 Å². The molecule has 144 valence electrons. The van der Waals surface area contributed by atoms with Gasteiger partial charge in [-0.3, -0.25) is 0 Å². The Kier molecular flexibility index (Phi) is 5.05. The zero-order valence-electron chi connectivity index (χ0n) is 15.5. The fourth-order valence-corrected chi connectivity index (χ4v) is 5.51. The molecule has 0 radical (unpaired) electrons. The summed E-state index contributed by atoms with van der Waals surface area (Å²) >= 11 is 0. The molecule has 1 atom stereocenters. The van der Waals surface area contributed by atoms with E-state index >= 15 is 0 Å². The summed E-state index contributed by atoms with van der Waals surface area (Å²) in [7, 11) is -3.24. The summed E-state index contributed by atoms with van der Waals surface area (Å²) in [6.45, 7) is 0. The maximum absolute atomic E-state index is 13.1. The van der Waals surface area contributed by atoms with Gasteiger partial charge in [0, 0.05) is 5.69 Å². The van der Waals surface area contributed by atoms with E-state index < -0.39 is 15.9 Å². The van der Waals surface area contributed by atoms with E-state index in [2.05, 4.69) is 20.5 Å². The average Bonchev–Trinajstić information content (AvgIpc) is 3.31. The topological polar surface area (TPSA) is 94.3 Å². The molecular formula is C21H22N4O2S. The molecule has 2 aromatic carbocycles. The molecule has 0 fully saturated rings. The van der Waals surface area contributed by atoms with E-state index in [1.54, 1.807) is 18.3 Å². The number of carbonyl (C=O) groups is 1. The molecule has 0 heterocycles. The number of carbonyl (C=O) groups excluding carboxylic acids is 1. The van der Waals surface area contributed by atoms with Crippen LogP contribution >= 0.6 is 0 Å². The van der Waals surface area contributed by atoms with Crippen molar-refractivity contribution in [3.8, 4) is 6.19 Å². The second kappa shape index (κ2) is 7.64. The summed E-state index contributed by atoms with van der Waals surface area (Å²) in [4.78, 5) is 12.7. The van der Waals surface area contributed by atoms with Gasteiger partial charge in [-0.15, -0.1) is 4.36 Å². The van der Waals surface area contributed by atoms with Gasteiger partial charge in [-0.05, 0) is 66.3 Å². The van der Waals surface area contributed by atoms with Crippen LogP contribution < -0.4 is 10.0 Å². The summed E-state index contributed by atoms with van der Waals surface area (Å²) in [5.74, 6) is -0.0141. The number of hydrogen-bond donors (Lipinski definition) is 2. The van der Waals surface area contributed by atoms with Gasteiger partial charge in [0.2, 0.25) is 6.19 Å². The van der Waals surface area contributed by atoms with Crippen molar-refractivity contribution in [1.82, 2.24) is 4.72 Å². The van der Waals surface area contributed by atoms with E-state index in [-0.39, 0.29) is 5.75 Å². The van der Waals surface area contributed by atoms with E-state index in [9.17, 15) is 9.00 Å². The molecule has 28 heavy (non-hydrogen) atoms. The number of hydrogen-bond acceptors (Lipinski definition) is 4. The Balaban J connectivity index is 1.58. The number of benzene rings is 2. The summed E-state index contributed by atoms with van der Waals surface area (Å²) in [5, 5.41) is 11.9. The van der Waals surface area contributed by atoms with Gasteiger partial charge in [0.25, 0.3) is 0 Å². The first-order chi connectivity index (χ1) is 13.6. The van der Waals surface area contributed by atoms with Crippen molar-refractivity contribution in [2.75, 3.05) is 5.32 Å². The first kappa shape index (κ1) is 18.5. The van der Waals surface area contributed by atoms with Crippen LogP contribution in [0.25, 0.3) is 0 Å². The third-order valence-corrected chi connectivity index (χ3v) is 6.96. The minimum atomic E-state index is -3.24. The number of rotatable bonds is 4. The fourth-order valence-electron chi connectivity index (χ4n) is 4.21. The lowest BCUT2D eigenvalue weighted by molar-refractivity contribution is 0.256. The molecule has 0 bridgehead atoms. The Morgan fingerprint density at radius 2 is 1.71 bits per heavy atom. The summed E-state index contributed by atoms with van der Waals surface area (Å²) < 4.78 is 19.1. The van der Waals surface area contributed by atoms with Crippen LogP contribution in [0.5, 0.6) is 0 Å². The lowest BCUT2D eigenvalue weighted by Gasteiger charge is -2.17. The lowest BCUT2D eigenvalue weighted by Crippen LogP contribution is -2.35. The van der Waals surface area contributed by atoms with E-state index in [0.717, 1.165) is 49.8 Å². The average molecular weight is 395 g/mol. The second-order valence-electron chi connectivity index (χ2n) is 7.25. The van der Waals surface area contributed by atoms with Gasteiger partial charge in [-0.1, -0.05) is 36.4 Å². The molecule has 2 aliphatic carbocycles. The number of aryl methyl sites for hydroxylation is 2. The summed E-state index contributed by atoms with van der Waals surface area (Å²) in [6, 6.07) is 10.8. The maximum atomic E-state index is 13.1. The van der Waals surface area contributed by atoms with Gasteiger partial charge in [-0.25, -0.2) is 13.7 Å². The number of amides is 2. The Bertz CT molecular complexity index is 1050. The van der Waals surface area contributed by atoms with Crippen LogP contribution in [0.2, 0.25) is 0 Å². The van der Waals surface area contributed by atoms with Gasteiger partial charge < -0.3 is 5.32 Å². The molecule has 4 rings (SSSR count). The first-order valence-electron chi connectivity index (χ1n) is 9.50. The van der Waals surface area contributed by atoms with Crippen LogP contribution in [-0.4, -0.2) is 10.2 Å². The van der Waals surface area contributed by atoms with E-state index in [4.69, 9.17) is 5.26 Å². The third-order valence-electron chi connectivity index (χ3n) is 5.36. The Morgan fingerprint density at radius 3 is 2.32 bits per heavy atom. The molecule has 0 aromatic heterocycles. The Labute approximate surface area is 165 Å². The zero-order valence-corrected chi connectivity index (χ0v) is 16.3. The van der Waals surface area contributed by atoms with E-state index in [1.165, 1.54) is 22.3 Å². The Hall–Kier alpha value is -2.85. The molecule has 1 unspecified atom stereocenters. The van der Waals surface area contributed by atoms with Crippen molar-refractivity contribution in [3.05, 3.63) is 64.2 Å². The molecule has 2 aromatic rings. The number of anilines is 1. The number of fused-ring (bicyclic) bond motifs is 2. The van der Waals surface area contributed by atoms with Crippen LogP contribution in [0.1, 0.15) is 40.7 Å². The number of nitrogens with zero attached hydrogens (tertiary/aromatic N) is 2. The van der Waals surface area contributed by atoms with Crippen LogP contribution in [0, 0.1) is 11.5 Å². The minimum Gasteiger partial charge on any atom is -0.307 e. The van der Waals surface area contributed by atoms with Gasteiger partial charge >= 0.3 is 6.03 Å². The monoisotopic (exact) mass is 394 g/mol. The number of urea groups is 1. The molecule has 2 aliphatic rings. The number of nitriles is 1. The molecule has 0 spiro atoms. The highest BCUT2D eigenvalue weighted by molar-refractivity contribution is 7.91. The highest BCUT2D eigenvalue weighted by atomic mass is 32.2. The fraction of sp³-hybridized carbons (Fsp3) is 0.333. The number of nitrogens with one attached hydrogen (secondary N) is 2. The van der Waals surface area contributed by atoms with Crippen molar-refractivity contribution in [3.63, 3.8) is 0 Å². The lowest BCUT2D eigenvalue weighted by atomic mass is 9.99. The van der Waals surface area contributed by atoms with Gasteiger partial charge in [0.1, 0.15) is 0 Å². The van der Waals surface area contributed by atoms with Crippen molar-refractivity contribution in [1.29, 1.82) is 5.26 Å². The normalized spacial score (nSPS) is 16.4. The molecule has 6 nitrogen and oxygen atoms in total. The predicted molar refractivity (Wildman–Crippen MR) is 109 cm³/mol. The van der Waals surface area contributed by atoms with E-state index in [1.807, 2.05) is 18.2 Å². The summed E-state index contributed by atoms with van der Waals surface area (Å²) in [6.07, 6.45) is 7.72. The molecule has 7 heteroatoms. The second-order valence-corrected chi connectivity index (χ2v) is 9.21. The third kappa shape index (κ3) is 3.73. The maximum Gasteiger partial charge on any atom is 0.331 e. The minimum absolute atomic E-state index is 0.0141. The van der Waals surface area contributed by atoms with Gasteiger partial charge in [0.15, 0.2) is 9.92 Å². The van der Waals surface area contributed by atoms with Crippen molar-refractivity contribution < 1.29 is 9.00 Å². The van der Waals surface area contributed by atoms with Crippen molar-refractivity contribution in [2.45, 2.75) is 44.3 Å². The SMILES string of the molecule is N#CN=S(=O)(Cc1ccccc1)NC(=O)Nc1c2c(cc3c1CCC3)CCC2. The van der Waals surface area contributed by atoms with Gasteiger partial charge in [-0.2, -0.15) is 5.26 Å². The largest absolute Gasteiger partial charge is 0.331 e. The standard InChI is InChI=1S/C21H22N4O2S/c22-14-23-28(27,13-15-6-2-1-3-7-15)25-21(26)24-20-18-10-4-8-16(18)12-17-9-5-11-19(17)20/h1-3,6-7,12H,4-5,8-11,13H2,(H2,23,24,25,26,27). The molecule has 0 saturated heterocycles. The highest BCUT2D eigenvalue weighted by Gasteiger charge is 2.25. The molecule has 0 saturated carbocycles. The quantitative estimate of drug-likeness (QED) is 0.771. The molecule has 0 aliphatic heterocycles. The molecular weight excluding hydrogens is 372 g/mol. The molecule has 2 amide bonds. The van der Waals surface area contributed by atoms with E-state index in [0.29, 0.717) is 0 Å². The zero-order chi connectivity index (χ0) is 19.6. The van der Waals surface area contributed by atoms with Crippen molar-refractivity contribution in [2.24, 2.45) is 4.36 Å². The smallest absolute Gasteiger partial charge is 0.307 e. The summed E-state index contributed by atoms with van der Waals surface area (Å²) in [5.41, 5.74) is 6.63. The van der Waals surface area contributed by atoms with Crippen LogP contribution in [0.15, 0.2) is 40.8 Å².